The minimum atomic E-state index is -0.861. The summed E-state index contributed by atoms with van der Waals surface area (Å²) in [6, 6.07) is 1.72. The number of pyridine rings is 1. The fraction of sp³-hybridized carbons (Fsp3) is 0.143. The van der Waals surface area contributed by atoms with E-state index in [0.717, 1.165) is 4.47 Å². The lowest BCUT2D eigenvalue weighted by Gasteiger charge is -1.99. The van der Waals surface area contributed by atoms with Crippen LogP contribution in [-0.2, 0) is 11.2 Å². The van der Waals surface area contributed by atoms with Crippen molar-refractivity contribution >= 4 is 37.8 Å². The number of aromatic nitrogens is 1. The standard InChI is InChI=1S/C7H5Br2NO2/c8-5-2-6(9)10-3-4(5)1-7(11)12/h2-3H,1H2,(H,11,12). The molecule has 0 aliphatic rings. The summed E-state index contributed by atoms with van der Waals surface area (Å²) in [6.07, 6.45) is 1.52. The van der Waals surface area contributed by atoms with E-state index in [2.05, 4.69) is 36.8 Å². The Kier molecular flexibility index (Phi) is 3.22. The molecule has 0 saturated heterocycles. The Hall–Kier alpha value is -0.420. The molecule has 5 heteroatoms. The Morgan fingerprint density at radius 2 is 2.25 bits per heavy atom. The molecule has 0 radical (unpaired) electrons. The summed E-state index contributed by atoms with van der Waals surface area (Å²) in [4.78, 5) is 14.3. The summed E-state index contributed by atoms with van der Waals surface area (Å²) in [6.45, 7) is 0. The Balaban J connectivity index is 2.93. The summed E-state index contributed by atoms with van der Waals surface area (Å²) in [5.41, 5.74) is 0.672. The maximum atomic E-state index is 10.3. The monoisotopic (exact) mass is 293 g/mol. The lowest BCUT2D eigenvalue weighted by atomic mass is 10.2. The molecule has 3 nitrogen and oxygen atoms in total. The topological polar surface area (TPSA) is 50.2 Å². The predicted octanol–water partition coefficient (Wildman–Crippen LogP) is 2.23. The maximum Gasteiger partial charge on any atom is 0.307 e. The molecule has 0 fully saturated rings. The third kappa shape index (κ3) is 2.57. The summed E-state index contributed by atoms with van der Waals surface area (Å²) >= 11 is 6.42. The molecule has 0 saturated carbocycles. The van der Waals surface area contributed by atoms with Crippen molar-refractivity contribution in [2.45, 2.75) is 6.42 Å². The lowest BCUT2D eigenvalue weighted by Crippen LogP contribution is -2.01. The summed E-state index contributed by atoms with van der Waals surface area (Å²) in [7, 11) is 0. The van der Waals surface area contributed by atoms with Crippen LogP contribution in [-0.4, -0.2) is 16.1 Å². The predicted molar refractivity (Wildman–Crippen MR) is 51.0 cm³/mol. The van der Waals surface area contributed by atoms with E-state index >= 15 is 0 Å². The molecule has 1 aromatic heterocycles. The van der Waals surface area contributed by atoms with Gasteiger partial charge in [0.15, 0.2) is 0 Å². The van der Waals surface area contributed by atoms with Crippen LogP contribution in [0.25, 0.3) is 0 Å². The summed E-state index contributed by atoms with van der Waals surface area (Å²) in [5, 5.41) is 8.50. The van der Waals surface area contributed by atoms with Gasteiger partial charge in [-0.25, -0.2) is 4.98 Å². The zero-order valence-corrected chi connectivity index (χ0v) is 9.09. The van der Waals surface area contributed by atoms with Crippen LogP contribution in [0.3, 0.4) is 0 Å². The Morgan fingerprint density at radius 1 is 1.58 bits per heavy atom. The average Bonchev–Trinajstić information content (AvgIpc) is 1.94. The van der Waals surface area contributed by atoms with Crippen LogP contribution in [0.4, 0.5) is 0 Å². The van der Waals surface area contributed by atoms with Gasteiger partial charge in [-0.2, -0.15) is 0 Å². The van der Waals surface area contributed by atoms with Crippen molar-refractivity contribution < 1.29 is 9.90 Å². The first-order chi connectivity index (χ1) is 5.59. The number of aliphatic carboxylic acids is 1. The second-order valence-corrected chi connectivity index (χ2v) is 3.84. The van der Waals surface area contributed by atoms with Crippen molar-refractivity contribution in [1.29, 1.82) is 0 Å². The molecule has 0 aromatic carbocycles. The molecular formula is C7H5Br2NO2. The Morgan fingerprint density at radius 3 is 2.75 bits per heavy atom. The minimum absolute atomic E-state index is 0.0130. The van der Waals surface area contributed by atoms with Crippen LogP contribution in [0.2, 0.25) is 0 Å². The quantitative estimate of drug-likeness (QED) is 0.851. The van der Waals surface area contributed by atoms with Gasteiger partial charge in [0.25, 0.3) is 0 Å². The second-order valence-electron chi connectivity index (χ2n) is 2.17. The van der Waals surface area contributed by atoms with E-state index in [1.54, 1.807) is 6.07 Å². The van der Waals surface area contributed by atoms with Gasteiger partial charge in [-0.05, 0) is 27.6 Å². The normalized spacial score (nSPS) is 9.83. The third-order valence-corrected chi connectivity index (χ3v) is 2.41. The van der Waals surface area contributed by atoms with Crippen LogP contribution in [0, 0.1) is 0 Å². The van der Waals surface area contributed by atoms with Gasteiger partial charge in [-0.3, -0.25) is 4.79 Å². The molecular weight excluding hydrogens is 290 g/mol. The van der Waals surface area contributed by atoms with Crippen molar-refractivity contribution in [3.8, 4) is 0 Å². The first-order valence-corrected chi connectivity index (χ1v) is 4.70. The van der Waals surface area contributed by atoms with Gasteiger partial charge in [0, 0.05) is 10.7 Å². The Bertz CT molecular complexity index is 314. The summed E-state index contributed by atoms with van der Waals surface area (Å²) < 4.78 is 1.44. The van der Waals surface area contributed by atoms with E-state index in [9.17, 15) is 4.79 Å². The number of nitrogens with zero attached hydrogens (tertiary/aromatic N) is 1. The SMILES string of the molecule is O=C(O)Cc1cnc(Br)cc1Br. The fourth-order valence-corrected chi connectivity index (χ4v) is 1.83. The molecule has 1 heterocycles. The molecule has 0 atom stereocenters. The van der Waals surface area contributed by atoms with Crippen molar-refractivity contribution in [1.82, 2.24) is 4.98 Å². The number of carbonyl (C=O) groups is 1. The zero-order chi connectivity index (χ0) is 9.14. The third-order valence-electron chi connectivity index (χ3n) is 1.24. The highest BCUT2D eigenvalue weighted by molar-refractivity contribution is 9.11. The Labute approximate surface area is 86.1 Å². The highest BCUT2D eigenvalue weighted by Crippen LogP contribution is 2.19. The molecule has 64 valence electrons. The zero-order valence-electron chi connectivity index (χ0n) is 5.92. The molecule has 0 amide bonds. The first kappa shape index (κ1) is 9.67. The van der Waals surface area contributed by atoms with Gasteiger partial charge >= 0.3 is 5.97 Å². The summed E-state index contributed by atoms with van der Waals surface area (Å²) in [5.74, 6) is -0.861. The van der Waals surface area contributed by atoms with E-state index < -0.39 is 5.97 Å². The number of carboxylic acid groups (broad SMARTS) is 1. The number of hydrogen-bond acceptors (Lipinski definition) is 2. The van der Waals surface area contributed by atoms with E-state index in [4.69, 9.17) is 5.11 Å². The molecule has 1 rings (SSSR count). The highest BCUT2D eigenvalue weighted by Gasteiger charge is 2.05. The van der Waals surface area contributed by atoms with Crippen molar-refractivity contribution in [3.63, 3.8) is 0 Å². The average molecular weight is 295 g/mol. The van der Waals surface area contributed by atoms with E-state index in [0.29, 0.717) is 10.2 Å². The molecule has 0 bridgehead atoms. The molecule has 0 unspecified atom stereocenters. The van der Waals surface area contributed by atoms with Crippen LogP contribution in [0.15, 0.2) is 21.3 Å². The van der Waals surface area contributed by atoms with E-state index in [1.807, 2.05) is 0 Å². The van der Waals surface area contributed by atoms with Gasteiger partial charge in [0.2, 0.25) is 0 Å². The van der Waals surface area contributed by atoms with Crippen molar-refractivity contribution in [2.24, 2.45) is 0 Å². The van der Waals surface area contributed by atoms with Gasteiger partial charge in [0.1, 0.15) is 4.60 Å². The lowest BCUT2D eigenvalue weighted by molar-refractivity contribution is -0.136. The molecule has 0 spiro atoms. The number of rotatable bonds is 2. The fourth-order valence-electron chi connectivity index (χ4n) is 0.729. The molecule has 0 aliphatic carbocycles. The van der Waals surface area contributed by atoms with Gasteiger partial charge < -0.3 is 5.11 Å². The largest absolute Gasteiger partial charge is 0.481 e. The van der Waals surface area contributed by atoms with E-state index in [-0.39, 0.29) is 6.42 Å². The number of carboxylic acids is 1. The molecule has 1 N–H and O–H groups in total. The van der Waals surface area contributed by atoms with E-state index in [1.165, 1.54) is 6.20 Å². The van der Waals surface area contributed by atoms with Crippen molar-refractivity contribution in [2.75, 3.05) is 0 Å². The van der Waals surface area contributed by atoms with Gasteiger partial charge in [-0.1, -0.05) is 15.9 Å². The van der Waals surface area contributed by atoms with Crippen LogP contribution >= 0.6 is 31.9 Å². The molecule has 0 aliphatic heterocycles. The van der Waals surface area contributed by atoms with Crippen molar-refractivity contribution in [3.05, 3.63) is 26.9 Å². The van der Waals surface area contributed by atoms with Gasteiger partial charge in [0.05, 0.1) is 6.42 Å². The van der Waals surface area contributed by atoms with Crippen LogP contribution < -0.4 is 0 Å². The smallest absolute Gasteiger partial charge is 0.307 e. The number of hydrogen-bond donors (Lipinski definition) is 1. The molecule has 1 aromatic rings. The highest BCUT2D eigenvalue weighted by atomic mass is 79.9. The number of halogens is 2. The molecule has 12 heavy (non-hydrogen) atoms. The maximum absolute atomic E-state index is 10.3. The van der Waals surface area contributed by atoms with Crippen LogP contribution in [0.1, 0.15) is 5.56 Å². The minimum Gasteiger partial charge on any atom is -0.481 e. The van der Waals surface area contributed by atoms with Crippen LogP contribution in [0.5, 0.6) is 0 Å². The first-order valence-electron chi connectivity index (χ1n) is 3.11. The van der Waals surface area contributed by atoms with Gasteiger partial charge in [-0.15, -0.1) is 0 Å². The second kappa shape index (κ2) is 4.00.